The second-order valence-corrected chi connectivity index (χ2v) is 10.3. The fourth-order valence-corrected chi connectivity index (χ4v) is 5.81. The van der Waals surface area contributed by atoms with Gasteiger partial charge in [0.25, 0.3) is 0 Å². The van der Waals surface area contributed by atoms with Crippen molar-refractivity contribution in [2.75, 3.05) is 12.0 Å². The zero-order valence-electron chi connectivity index (χ0n) is 16.8. The van der Waals surface area contributed by atoms with Gasteiger partial charge in [0, 0.05) is 22.5 Å². The average molecular weight is 431 g/mol. The predicted molar refractivity (Wildman–Crippen MR) is 119 cm³/mol. The van der Waals surface area contributed by atoms with Crippen LogP contribution < -0.4 is 0 Å². The molecular formula is C20H22N4OS3. The van der Waals surface area contributed by atoms with Crippen LogP contribution in [0.3, 0.4) is 0 Å². The van der Waals surface area contributed by atoms with Gasteiger partial charge in [-0.2, -0.15) is 5.10 Å². The van der Waals surface area contributed by atoms with Gasteiger partial charge < -0.3 is 0 Å². The summed E-state index contributed by atoms with van der Waals surface area (Å²) in [5.41, 5.74) is 7.16. The van der Waals surface area contributed by atoms with E-state index in [0.29, 0.717) is 11.4 Å². The number of rotatable bonds is 4. The number of hydrogen-bond donors (Lipinski definition) is 0. The second kappa shape index (κ2) is 7.24. The van der Waals surface area contributed by atoms with Gasteiger partial charge in [0.05, 0.1) is 21.2 Å². The van der Waals surface area contributed by atoms with E-state index in [0.717, 1.165) is 41.9 Å². The molecule has 8 heteroatoms. The van der Waals surface area contributed by atoms with Gasteiger partial charge in [-0.25, -0.2) is 14.5 Å². The van der Waals surface area contributed by atoms with Crippen LogP contribution in [-0.2, 0) is 10.8 Å². The van der Waals surface area contributed by atoms with Crippen molar-refractivity contribution in [1.82, 2.24) is 19.6 Å². The standard InChI is InChI=1S/C20H22N4OS3/c1-7-28(25)18-16(20-22-15-8-14(26-6)9-21-19(15)27-20)23-24-13(5)11(3)10(2)12(4)17(18)24/h8-9H,7H2,1-6H3. The number of thiazole rings is 1. The van der Waals surface area contributed by atoms with Gasteiger partial charge in [-0.05, 0) is 56.7 Å². The highest BCUT2D eigenvalue weighted by Crippen LogP contribution is 2.37. The van der Waals surface area contributed by atoms with E-state index >= 15 is 0 Å². The monoisotopic (exact) mass is 430 g/mol. The number of pyridine rings is 2. The number of fused-ring (bicyclic) bond motifs is 2. The molecule has 146 valence electrons. The minimum atomic E-state index is -1.15. The first-order chi connectivity index (χ1) is 13.4. The number of nitrogens with zero attached hydrogens (tertiary/aromatic N) is 4. The molecular weight excluding hydrogens is 408 g/mol. The highest BCUT2D eigenvalue weighted by Gasteiger charge is 2.25. The molecule has 0 radical (unpaired) electrons. The molecule has 0 bridgehead atoms. The van der Waals surface area contributed by atoms with Crippen molar-refractivity contribution < 1.29 is 4.21 Å². The molecule has 4 heterocycles. The van der Waals surface area contributed by atoms with Crippen LogP contribution in [0.1, 0.15) is 29.3 Å². The van der Waals surface area contributed by atoms with Gasteiger partial charge in [-0.3, -0.25) is 4.21 Å². The Hall–Kier alpha value is -1.77. The van der Waals surface area contributed by atoms with Crippen molar-refractivity contribution in [2.24, 2.45) is 0 Å². The second-order valence-electron chi connectivity index (χ2n) is 6.75. The van der Waals surface area contributed by atoms with Gasteiger partial charge >= 0.3 is 0 Å². The summed E-state index contributed by atoms with van der Waals surface area (Å²) in [6.07, 6.45) is 3.89. The van der Waals surface area contributed by atoms with Gasteiger partial charge in [0.1, 0.15) is 21.0 Å². The number of thioether (sulfide) groups is 1. The normalized spacial score (nSPS) is 12.9. The van der Waals surface area contributed by atoms with Crippen LogP contribution in [0.15, 0.2) is 22.1 Å². The van der Waals surface area contributed by atoms with Crippen LogP contribution in [0.2, 0.25) is 0 Å². The van der Waals surface area contributed by atoms with E-state index in [9.17, 15) is 4.21 Å². The Bertz CT molecular complexity index is 1260. The van der Waals surface area contributed by atoms with E-state index in [1.165, 1.54) is 22.5 Å². The predicted octanol–water partition coefficient (Wildman–Crippen LogP) is 5.09. The summed E-state index contributed by atoms with van der Waals surface area (Å²) in [5.74, 6) is 0.541. The molecule has 0 spiro atoms. The third kappa shape index (κ3) is 2.89. The molecule has 4 aromatic heterocycles. The lowest BCUT2D eigenvalue weighted by atomic mass is 10.0. The fraction of sp³-hybridized carbons (Fsp3) is 0.350. The molecule has 0 aliphatic heterocycles. The maximum atomic E-state index is 13.1. The Morgan fingerprint density at radius 2 is 1.93 bits per heavy atom. The third-order valence-electron chi connectivity index (χ3n) is 5.33. The molecule has 0 aliphatic rings. The van der Waals surface area contributed by atoms with Crippen LogP contribution in [0, 0.1) is 27.7 Å². The average Bonchev–Trinajstić information content (AvgIpc) is 3.30. The lowest BCUT2D eigenvalue weighted by Gasteiger charge is -2.12. The Labute approximate surface area is 175 Å². The maximum Gasteiger partial charge on any atom is 0.147 e. The Morgan fingerprint density at radius 1 is 1.18 bits per heavy atom. The molecule has 0 aliphatic carbocycles. The SMILES string of the molecule is CCS(=O)c1c(-c2nc3cc(SC)cnc3s2)nn2c(C)c(C)c(C)c(C)c12. The zero-order valence-corrected chi connectivity index (χ0v) is 19.2. The summed E-state index contributed by atoms with van der Waals surface area (Å²) in [6, 6.07) is 2.05. The molecule has 0 fully saturated rings. The van der Waals surface area contributed by atoms with Crippen molar-refractivity contribution in [1.29, 1.82) is 0 Å². The lowest BCUT2D eigenvalue weighted by Crippen LogP contribution is -2.03. The Kier molecular flexibility index (Phi) is 5.05. The summed E-state index contributed by atoms with van der Waals surface area (Å²) in [7, 11) is -1.15. The molecule has 1 atom stereocenters. The molecule has 5 nitrogen and oxygen atoms in total. The van der Waals surface area contributed by atoms with Crippen molar-refractivity contribution in [3.63, 3.8) is 0 Å². The number of hydrogen-bond acceptors (Lipinski definition) is 6. The van der Waals surface area contributed by atoms with E-state index < -0.39 is 10.8 Å². The fourth-order valence-electron chi connectivity index (χ4n) is 3.38. The van der Waals surface area contributed by atoms with Crippen molar-refractivity contribution in [2.45, 2.75) is 44.4 Å². The molecule has 0 N–H and O–H groups in total. The maximum absolute atomic E-state index is 13.1. The van der Waals surface area contributed by atoms with E-state index in [2.05, 4.69) is 32.7 Å². The highest BCUT2D eigenvalue weighted by molar-refractivity contribution is 7.98. The molecule has 0 saturated heterocycles. The van der Waals surface area contributed by atoms with Gasteiger partial charge in [-0.1, -0.05) is 18.3 Å². The van der Waals surface area contributed by atoms with Crippen molar-refractivity contribution in [3.8, 4) is 10.7 Å². The van der Waals surface area contributed by atoms with Gasteiger partial charge in [-0.15, -0.1) is 11.8 Å². The van der Waals surface area contributed by atoms with E-state index in [1.807, 2.05) is 30.0 Å². The molecule has 4 aromatic rings. The van der Waals surface area contributed by atoms with Crippen molar-refractivity contribution >= 4 is 49.8 Å². The minimum Gasteiger partial charge on any atom is -0.254 e. The van der Waals surface area contributed by atoms with Crippen LogP contribution in [0.5, 0.6) is 0 Å². The third-order valence-corrected chi connectivity index (χ3v) is 8.38. The summed E-state index contributed by atoms with van der Waals surface area (Å²) in [4.78, 5) is 12.1. The van der Waals surface area contributed by atoms with Crippen LogP contribution in [0.25, 0.3) is 26.6 Å². The van der Waals surface area contributed by atoms with Crippen LogP contribution in [-0.4, -0.2) is 35.8 Å². The van der Waals surface area contributed by atoms with E-state index in [1.54, 1.807) is 11.8 Å². The van der Waals surface area contributed by atoms with Gasteiger partial charge in [0.15, 0.2) is 0 Å². The molecule has 1 unspecified atom stereocenters. The quantitative estimate of drug-likeness (QED) is 0.422. The zero-order chi connectivity index (χ0) is 20.2. The first-order valence-electron chi connectivity index (χ1n) is 9.05. The molecule has 0 amide bonds. The van der Waals surface area contributed by atoms with Crippen molar-refractivity contribution in [3.05, 3.63) is 34.6 Å². The van der Waals surface area contributed by atoms with E-state index in [4.69, 9.17) is 10.1 Å². The Balaban J connectivity index is 2.08. The number of aryl methyl sites for hydroxylation is 2. The summed E-state index contributed by atoms with van der Waals surface area (Å²) in [5, 5.41) is 5.66. The first kappa shape index (κ1) is 19.5. The smallest absolute Gasteiger partial charge is 0.147 e. The van der Waals surface area contributed by atoms with Crippen LogP contribution in [0.4, 0.5) is 0 Å². The number of aromatic nitrogens is 4. The van der Waals surface area contributed by atoms with Gasteiger partial charge in [0.2, 0.25) is 0 Å². The first-order valence-corrected chi connectivity index (χ1v) is 12.4. The topological polar surface area (TPSA) is 60.2 Å². The summed E-state index contributed by atoms with van der Waals surface area (Å²) < 4.78 is 15.0. The molecule has 0 aromatic carbocycles. The lowest BCUT2D eigenvalue weighted by molar-refractivity contribution is 0.684. The molecule has 0 saturated carbocycles. The van der Waals surface area contributed by atoms with E-state index in [-0.39, 0.29) is 0 Å². The largest absolute Gasteiger partial charge is 0.254 e. The molecule has 28 heavy (non-hydrogen) atoms. The summed E-state index contributed by atoms with van der Waals surface area (Å²) >= 11 is 3.15. The highest BCUT2D eigenvalue weighted by atomic mass is 32.2. The minimum absolute atomic E-state index is 0.541. The Morgan fingerprint density at radius 3 is 2.61 bits per heavy atom. The van der Waals surface area contributed by atoms with Crippen LogP contribution >= 0.6 is 23.1 Å². The summed E-state index contributed by atoms with van der Waals surface area (Å²) in [6.45, 7) is 10.3. The molecule has 4 rings (SSSR count).